The van der Waals surface area contributed by atoms with Crippen LogP contribution in [0.4, 0.5) is 4.39 Å². The Bertz CT molecular complexity index is 884. The summed E-state index contributed by atoms with van der Waals surface area (Å²) in [5.41, 5.74) is 0. The van der Waals surface area contributed by atoms with Gasteiger partial charge in [0.1, 0.15) is 10.7 Å². The van der Waals surface area contributed by atoms with Gasteiger partial charge in [-0.25, -0.2) is 17.5 Å². The number of sulfonamides is 1. The topological polar surface area (TPSA) is 77.1 Å². The average Bonchev–Trinajstić information content (AvgIpc) is 3.23. The number of methoxy groups -OCH3 is 2. The third-order valence-corrected chi connectivity index (χ3v) is 6.96. The first kappa shape index (κ1) is 21.0. The molecule has 1 atom stereocenters. The lowest BCUT2D eigenvalue weighted by atomic mass is 10.2. The van der Waals surface area contributed by atoms with E-state index in [0.29, 0.717) is 26.3 Å². The molecule has 2 heterocycles. The zero-order valence-corrected chi connectivity index (χ0v) is 17.3. The van der Waals surface area contributed by atoms with E-state index in [1.165, 1.54) is 14.2 Å². The summed E-state index contributed by atoms with van der Waals surface area (Å²) >= 11 is 1.56. The summed E-state index contributed by atoms with van der Waals surface area (Å²) in [4.78, 5) is 2.73. The largest absolute Gasteiger partial charge is 0.493 e. The standard InChI is InChI=1S/C18H23FN2O5S2/c1-24-15-10-13(19)18(11-16(15)25-2)28(22,23)20-12-14(17-4-3-9-27-17)21-5-7-26-8-6-21/h3-4,9-11,14,20H,5-8,12H2,1-2H3. The molecule has 28 heavy (non-hydrogen) atoms. The molecule has 0 aliphatic carbocycles. The van der Waals surface area contributed by atoms with Crippen LogP contribution in [0.1, 0.15) is 10.9 Å². The van der Waals surface area contributed by atoms with Crippen molar-refractivity contribution in [2.45, 2.75) is 10.9 Å². The van der Waals surface area contributed by atoms with Crippen LogP contribution < -0.4 is 14.2 Å². The van der Waals surface area contributed by atoms with Gasteiger partial charge in [0, 0.05) is 36.6 Å². The molecule has 1 fully saturated rings. The summed E-state index contributed by atoms with van der Waals surface area (Å²) in [7, 11) is -1.36. The molecular weight excluding hydrogens is 407 g/mol. The number of halogens is 1. The highest BCUT2D eigenvalue weighted by Gasteiger charge is 2.28. The fourth-order valence-corrected chi connectivity index (χ4v) is 5.06. The first-order chi connectivity index (χ1) is 13.5. The molecule has 7 nitrogen and oxygen atoms in total. The maximum atomic E-state index is 14.4. The van der Waals surface area contributed by atoms with Crippen molar-refractivity contribution in [3.63, 3.8) is 0 Å². The van der Waals surface area contributed by atoms with Crippen LogP contribution in [0.5, 0.6) is 11.5 Å². The minimum atomic E-state index is -4.09. The number of ether oxygens (including phenoxy) is 3. The van der Waals surface area contributed by atoms with Gasteiger partial charge in [-0.3, -0.25) is 4.90 Å². The van der Waals surface area contributed by atoms with Gasteiger partial charge < -0.3 is 14.2 Å². The van der Waals surface area contributed by atoms with E-state index < -0.39 is 20.7 Å². The molecule has 1 aliphatic heterocycles. The second kappa shape index (κ2) is 9.19. The summed E-state index contributed by atoms with van der Waals surface area (Å²) in [6.45, 7) is 2.72. The first-order valence-corrected chi connectivity index (χ1v) is 11.1. The lowest BCUT2D eigenvalue weighted by Crippen LogP contribution is -2.43. The number of rotatable bonds is 8. The smallest absolute Gasteiger partial charge is 0.243 e. The summed E-state index contributed by atoms with van der Waals surface area (Å²) in [5.74, 6) is -0.625. The predicted molar refractivity (Wildman–Crippen MR) is 104 cm³/mol. The van der Waals surface area contributed by atoms with Gasteiger partial charge in [-0.1, -0.05) is 6.07 Å². The predicted octanol–water partition coefficient (Wildman–Crippen LogP) is 2.26. The molecule has 2 aromatic rings. The maximum Gasteiger partial charge on any atom is 0.243 e. The summed E-state index contributed by atoms with van der Waals surface area (Å²) in [6.07, 6.45) is 0. The maximum absolute atomic E-state index is 14.4. The van der Waals surface area contributed by atoms with Gasteiger partial charge in [-0.15, -0.1) is 11.3 Å². The zero-order chi connectivity index (χ0) is 20.1. The third kappa shape index (κ3) is 4.64. The van der Waals surface area contributed by atoms with E-state index in [-0.39, 0.29) is 24.1 Å². The number of benzene rings is 1. The van der Waals surface area contributed by atoms with E-state index in [0.717, 1.165) is 17.0 Å². The Balaban J connectivity index is 1.82. The Morgan fingerprint density at radius 2 is 1.93 bits per heavy atom. The van der Waals surface area contributed by atoms with Gasteiger partial charge in [0.2, 0.25) is 10.0 Å². The number of nitrogens with zero attached hydrogens (tertiary/aromatic N) is 1. The third-order valence-electron chi connectivity index (χ3n) is 4.55. The van der Waals surface area contributed by atoms with Crippen molar-refractivity contribution in [3.8, 4) is 11.5 Å². The minimum Gasteiger partial charge on any atom is -0.493 e. The van der Waals surface area contributed by atoms with Crippen molar-refractivity contribution in [3.05, 3.63) is 40.3 Å². The van der Waals surface area contributed by atoms with Crippen molar-refractivity contribution in [1.82, 2.24) is 9.62 Å². The van der Waals surface area contributed by atoms with Gasteiger partial charge in [0.25, 0.3) is 0 Å². The van der Waals surface area contributed by atoms with Gasteiger partial charge >= 0.3 is 0 Å². The van der Waals surface area contributed by atoms with E-state index in [1.807, 2.05) is 17.5 Å². The van der Waals surface area contributed by atoms with E-state index in [2.05, 4.69) is 9.62 Å². The quantitative estimate of drug-likeness (QED) is 0.692. The first-order valence-electron chi connectivity index (χ1n) is 8.72. The van der Waals surface area contributed by atoms with Crippen LogP contribution >= 0.6 is 11.3 Å². The summed E-state index contributed by atoms with van der Waals surface area (Å²) in [5, 5.41) is 1.95. The number of hydrogen-bond donors (Lipinski definition) is 1. The van der Waals surface area contributed by atoms with Gasteiger partial charge in [-0.2, -0.15) is 0 Å². The Morgan fingerprint density at radius 1 is 1.25 bits per heavy atom. The van der Waals surface area contributed by atoms with E-state index >= 15 is 0 Å². The zero-order valence-electron chi connectivity index (χ0n) is 15.7. The van der Waals surface area contributed by atoms with Gasteiger partial charge in [0.05, 0.1) is 33.5 Å². The highest BCUT2D eigenvalue weighted by Crippen LogP contribution is 2.32. The van der Waals surface area contributed by atoms with Crippen LogP contribution in [-0.2, 0) is 14.8 Å². The van der Waals surface area contributed by atoms with Crippen molar-refractivity contribution in [2.75, 3.05) is 47.1 Å². The Labute approximate surface area is 168 Å². The van der Waals surface area contributed by atoms with Crippen molar-refractivity contribution < 1.29 is 27.0 Å². The molecule has 0 radical (unpaired) electrons. The molecule has 0 amide bonds. The fourth-order valence-electron chi connectivity index (χ4n) is 3.09. The second-order valence-electron chi connectivity index (χ2n) is 6.17. The Kier molecular flexibility index (Phi) is 6.89. The normalized spacial score (nSPS) is 16.7. The molecule has 10 heteroatoms. The summed E-state index contributed by atoms with van der Waals surface area (Å²) in [6, 6.07) is 5.88. The fraction of sp³-hybridized carbons (Fsp3) is 0.444. The average molecular weight is 431 g/mol. The SMILES string of the molecule is COc1cc(F)c(S(=O)(=O)NCC(c2cccs2)N2CCOCC2)cc1OC. The van der Waals surface area contributed by atoms with Crippen LogP contribution in [0.15, 0.2) is 34.5 Å². The van der Waals surface area contributed by atoms with Gasteiger partial charge in [0.15, 0.2) is 11.5 Å². The van der Waals surface area contributed by atoms with E-state index in [4.69, 9.17) is 14.2 Å². The molecule has 1 saturated heterocycles. The lowest BCUT2D eigenvalue weighted by molar-refractivity contribution is 0.0179. The molecule has 0 saturated carbocycles. The minimum absolute atomic E-state index is 0.122. The molecule has 0 spiro atoms. The highest BCUT2D eigenvalue weighted by atomic mass is 32.2. The molecule has 1 aliphatic rings. The molecule has 0 bridgehead atoms. The van der Waals surface area contributed by atoms with Crippen LogP contribution in [-0.4, -0.2) is 60.4 Å². The Hall–Kier alpha value is -1.72. The highest BCUT2D eigenvalue weighted by molar-refractivity contribution is 7.89. The van der Waals surface area contributed by atoms with Gasteiger partial charge in [-0.05, 0) is 11.4 Å². The monoisotopic (exact) mass is 430 g/mol. The second-order valence-corrected chi connectivity index (χ2v) is 8.88. The number of hydrogen-bond acceptors (Lipinski definition) is 7. The Morgan fingerprint density at radius 3 is 2.54 bits per heavy atom. The van der Waals surface area contributed by atoms with Crippen LogP contribution in [0.3, 0.4) is 0 Å². The number of thiophene rings is 1. The van der Waals surface area contributed by atoms with E-state index in [9.17, 15) is 12.8 Å². The molecule has 3 rings (SSSR count). The number of nitrogens with one attached hydrogen (secondary N) is 1. The van der Waals surface area contributed by atoms with Crippen molar-refractivity contribution >= 4 is 21.4 Å². The molecule has 1 aromatic carbocycles. The molecule has 154 valence electrons. The van der Waals surface area contributed by atoms with Crippen molar-refractivity contribution in [1.29, 1.82) is 0 Å². The van der Waals surface area contributed by atoms with Crippen LogP contribution in [0.25, 0.3) is 0 Å². The van der Waals surface area contributed by atoms with Crippen molar-refractivity contribution in [2.24, 2.45) is 0 Å². The summed E-state index contributed by atoms with van der Waals surface area (Å²) < 4.78 is 58.1. The van der Waals surface area contributed by atoms with Crippen LogP contribution in [0, 0.1) is 5.82 Å². The molecule has 1 N–H and O–H groups in total. The number of morpholine rings is 1. The van der Waals surface area contributed by atoms with Crippen LogP contribution in [0.2, 0.25) is 0 Å². The molecule has 1 unspecified atom stereocenters. The molecular formula is C18H23FN2O5S2. The lowest BCUT2D eigenvalue weighted by Gasteiger charge is -2.34. The van der Waals surface area contributed by atoms with E-state index in [1.54, 1.807) is 11.3 Å². The molecule has 1 aromatic heterocycles.